The summed E-state index contributed by atoms with van der Waals surface area (Å²) in [5, 5.41) is 12.7. The SMILES string of the molecule is CCC(C)CN(CC)CC(NC)(C(=O)O)C1CC1. The molecule has 2 atom stereocenters. The number of nitrogens with one attached hydrogen (secondary N) is 1. The first-order chi connectivity index (χ1) is 8.50. The highest BCUT2D eigenvalue weighted by atomic mass is 16.4. The molecule has 0 heterocycles. The van der Waals surface area contributed by atoms with E-state index in [1.807, 2.05) is 0 Å². The van der Waals surface area contributed by atoms with Crippen molar-refractivity contribution in [1.29, 1.82) is 0 Å². The molecule has 4 heteroatoms. The third-order valence-corrected chi connectivity index (χ3v) is 4.29. The highest BCUT2D eigenvalue weighted by Crippen LogP contribution is 2.40. The van der Waals surface area contributed by atoms with E-state index in [0.717, 1.165) is 32.4 Å². The van der Waals surface area contributed by atoms with Gasteiger partial charge in [-0.1, -0.05) is 27.2 Å². The lowest BCUT2D eigenvalue weighted by Gasteiger charge is -2.35. The van der Waals surface area contributed by atoms with Gasteiger partial charge in [-0.05, 0) is 38.3 Å². The van der Waals surface area contributed by atoms with E-state index in [-0.39, 0.29) is 0 Å². The molecule has 0 bridgehead atoms. The number of carbonyl (C=O) groups is 1. The first-order valence-corrected chi connectivity index (χ1v) is 7.14. The van der Waals surface area contributed by atoms with Gasteiger partial charge < -0.3 is 15.3 Å². The number of carboxylic acid groups (broad SMARTS) is 1. The summed E-state index contributed by atoms with van der Waals surface area (Å²) in [5.41, 5.74) is -0.747. The molecule has 1 aliphatic rings. The van der Waals surface area contributed by atoms with Crippen LogP contribution in [0.3, 0.4) is 0 Å². The maximum absolute atomic E-state index is 11.7. The number of likely N-dealkylation sites (N-methyl/N-ethyl adjacent to an activating group) is 2. The summed E-state index contributed by atoms with van der Waals surface area (Å²) in [7, 11) is 1.78. The zero-order valence-corrected chi connectivity index (χ0v) is 12.2. The summed E-state index contributed by atoms with van der Waals surface area (Å²) < 4.78 is 0. The molecular formula is C14H28N2O2. The summed E-state index contributed by atoms with van der Waals surface area (Å²) in [5.74, 6) is 0.216. The zero-order chi connectivity index (χ0) is 13.8. The van der Waals surface area contributed by atoms with Gasteiger partial charge in [-0.3, -0.25) is 4.79 Å². The van der Waals surface area contributed by atoms with Gasteiger partial charge in [-0.2, -0.15) is 0 Å². The van der Waals surface area contributed by atoms with Crippen LogP contribution in [0.5, 0.6) is 0 Å². The molecule has 4 nitrogen and oxygen atoms in total. The highest BCUT2D eigenvalue weighted by Gasteiger charge is 2.50. The van der Waals surface area contributed by atoms with Crippen molar-refractivity contribution in [2.75, 3.05) is 26.7 Å². The van der Waals surface area contributed by atoms with E-state index in [0.29, 0.717) is 18.4 Å². The Bertz CT molecular complexity index is 279. The Morgan fingerprint density at radius 2 is 2.11 bits per heavy atom. The number of hydrogen-bond donors (Lipinski definition) is 2. The van der Waals surface area contributed by atoms with Crippen LogP contribution >= 0.6 is 0 Å². The van der Waals surface area contributed by atoms with E-state index in [1.165, 1.54) is 0 Å². The molecule has 106 valence electrons. The summed E-state index contributed by atoms with van der Waals surface area (Å²) in [6, 6.07) is 0. The van der Waals surface area contributed by atoms with E-state index < -0.39 is 11.5 Å². The molecule has 0 aromatic rings. The fourth-order valence-corrected chi connectivity index (χ4v) is 2.57. The Kier molecular flexibility index (Phi) is 5.60. The molecule has 0 aromatic heterocycles. The summed E-state index contributed by atoms with van der Waals surface area (Å²) in [6.45, 7) is 9.02. The van der Waals surface area contributed by atoms with Gasteiger partial charge >= 0.3 is 5.97 Å². The van der Waals surface area contributed by atoms with Crippen molar-refractivity contribution in [2.45, 2.75) is 45.6 Å². The molecule has 1 saturated carbocycles. The van der Waals surface area contributed by atoms with Gasteiger partial charge in [0.15, 0.2) is 0 Å². The molecule has 0 amide bonds. The summed E-state index contributed by atoms with van der Waals surface area (Å²) >= 11 is 0. The van der Waals surface area contributed by atoms with Gasteiger partial charge in [0, 0.05) is 13.1 Å². The minimum absolute atomic E-state index is 0.297. The second kappa shape index (κ2) is 6.53. The molecule has 0 spiro atoms. The van der Waals surface area contributed by atoms with Crippen LogP contribution in [0, 0.1) is 11.8 Å². The Hall–Kier alpha value is -0.610. The first kappa shape index (κ1) is 15.4. The summed E-state index contributed by atoms with van der Waals surface area (Å²) in [4.78, 5) is 13.9. The van der Waals surface area contributed by atoms with Crippen LogP contribution in [0.15, 0.2) is 0 Å². The topological polar surface area (TPSA) is 52.6 Å². The summed E-state index contributed by atoms with van der Waals surface area (Å²) in [6.07, 6.45) is 3.21. The number of hydrogen-bond acceptors (Lipinski definition) is 3. The molecule has 1 aliphatic carbocycles. The lowest BCUT2D eigenvalue weighted by Crippen LogP contribution is -2.59. The van der Waals surface area contributed by atoms with E-state index in [2.05, 4.69) is 31.0 Å². The molecule has 1 rings (SSSR count). The smallest absolute Gasteiger partial charge is 0.325 e. The van der Waals surface area contributed by atoms with Crippen molar-refractivity contribution >= 4 is 5.97 Å². The van der Waals surface area contributed by atoms with E-state index in [4.69, 9.17) is 0 Å². The fourth-order valence-electron chi connectivity index (χ4n) is 2.57. The Morgan fingerprint density at radius 3 is 2.44 bits per heavy atom. The molecule has 0 saturated heterocycles. The zero-order valence-electron chi connectivity index (χ0n) is 12.2. The van der Waals surface area contributed by atoms with E-state index in [9.17, 15) is 9.90 Å². The van der Waals surface area contributed by atoms with Crippen molar-refractivity contribution in [2.24, 2.45) is 11.8 Å². The van der Waals surface area contributed by atoms with Crippen LogP contribution in [0.2, 0.25) is 0 Å². The molecule has 2 N–H and O–H groups in total. The molecule has 0 aromatic carbocycles. The van der Waals surface area contributed by atoms with Gasteiger partial charge in [0.2, 0.25) is 0 Å². The van der Waals surface area contributed by atoms with Crippen molar-refractivity contribution in [1.82, 2.24) is 10.2 Å². The second-order valence-electron chi connectivity index (χ2n) is 5.64. The average Bonchev–Trinajstić information content (AvgIpc) is 3.18. The predicted octanol–water partition coefficient (Wildman–Crippen LogP) is 1.81. The fraction of sp³-hybridized carbons (Fsp3) is 0.929. The van der Waals surface area contributed by atoms with E-state index in [1.54, 1.807) is 7.05 Å². The number of carboxylic acids is 1. The normalized spacial score (nSPS) is 20.7. The minimum Gasteiger partial charge on any atom is -0.480 e. The monoisotopic (exact) mass is 256 g/mol. The molecule has 18 heavy (non-hydrogen) atoms. The van der Waals surface area contributed by atoms with Crippen molar-refractivity contribution in [3.05, 3.63) is 0 Å². The van der Waals surface area contributed by atoms with Gasteiger partial charge in [0.05, 0.1) is 0 Å². The number of aliphatic carboxylic acids is 1. The van der Waals surface area contributed by atoms with E-state index >= 15 is 0 Å². The maximum atomic E-state index is 11.7. The predicted molar refractivity (Wildman–Crippen MR) is 73.7 cm³/mol. The van der Waals surface area contributed by atoms with Gasteiger partial charge in [-0.25, -0.2) is 0 Å². The number of rotatable bonds is 9. The van der Waals surface area contributed by atoms with Crippen molar-refractivity contribution < 1.29 is 9.90 Å². The van der Waals surface area contributed by atoms with Gasteiger partial charge in [0.1, 0.15) is 5.54 Å². The number of nitrogens with zero attached hydrogens (tertiary/aromatic N) is 1. The lowest BCUT2D eigenvalue weighted by atomic mass is 9.92. The molecule has 0 radical (unpaired) electrons. The minimum atomic E-state index is -0.747. The molecule has 1 fully saturated rings. The Morgan fingerprint density at radius 1 is 1.50 bits per heavy atom. The van der Waals surface area contributed by atoms with Crippen molar-refractivity contribution in [3.63, 3.8) is 0 Å². The van der Waals surface area contributed by atoms with Crippen LogP contribution < -0.4 is 5.32 Å². The van der Waals surface area contributed by atoms with Crippen LogP contribution in [-0.4, -0.2) is 48.2 Å². The maximum Gasteiger partial charge on any atom is 0.325 e. The third-order valence-electron chi connectivity index (χ3n) is 4.29. The van der Waals surface area contributed by atoms with Crippen molar-refractivity contribution in [3.8, 4) is 0 Å². The Labute approximate surface area is 111 Å². The third kappa shape index (κ3) is 3.45. The molecular weight excluding hydrogens is 228 g/mol. The second-order valence-corrected chi connectivity index (χ2v) is 5.64. The molecule has 2 unspecified atom stereocenters. The standard InChI is InChI=1S/C14H28N2O2/c1-5-11(3)9-16(6-2)10-14(15-4,13(17)18)12-7-8-12/h11-12,15H,5-10H2,1-4H3,(H,17,18). The highest BCUT2D eigenvalue weighted by molar-refractivity contribution is 5.80. The van der Waals surface area contributed by atoms with Crippen LogP contribution in [0.1, 0.15) is 40.0 Å². The average molecular weight is 256 g/mol. The quantitative estimate of drug-likeness (QED) is 0.660. The van der Waals surface area contributed by atoms with Crippen LogP contribution in [0.25, 0.3) is 0 Å². The van der Waals surface area contributed by atoms with Gasteiger partial charge in [0.25, 0.3) is 0 Å². The first-order valence-electron chi connectivity index (χ1n) is 7.14. The molecule has 0 aliphatic heterocycles. The van der Waals surface area contributed by atoms with Gasteiger partial charge in [-0.15, -0.1) is 0 Å². The largest absolute Gasteiger partial charge is 0.480 e. The Balaban J connectivity index is 2.71. The van der Waals surface area contributed by atoms with Crippen LogP contribution in [-0.2, 0) is 4.79 Å². The van der Waals surface area contributed by atoms with Crippen LogP contribution in [0.4, 0.5) is 0 Å². The lowest BCUT2D eigenvalue weighted by molar-refractivity contribution is -0.146.